The number of hydrogen-bond donors (Lipinski definition) is 1. The molecule has 11 heteroatoms. The van der Waals surface area contributed by atoms with Crippen molar-refractivity contribution in [2.75, 3.05) is 23.9 Å². The van der Waals surface area contributed by atoms with E-state index in [1.165, 1.54) is 16.8 Å². The lowest BCUT2D eigenvalue weighted by molar-refractivity contribution is -0.140. The van der Waals surface area contributed by atoms with Crippen LogP contribution in [-0.2, 0) is 27.2 Å². The first-order valence-corrected chi connectivity index (χ1v) is 13.6. The average Bonchev–Trinajstić information content (AvgIpc) is 3.46. The van der Waals surface area contributed by atoms with Crippen LogP contribution in [-0.4, -0.2) is 47.0 Å². The van der Waals surface area contributed by atoms with E-state index in [4.69, 9.17) is 11.6 Å². The number of likely N-dealkylation sites (N-methyl/N-ethyl adjacent to an activating group) is 1. The van der Waals surface area contributed by atoms with E-state index >= 15 is 4.39 Å². The fourth-order valence-electron chi connectivity index (χ4n) is 4.77. The lowest BCUT2D eigenvalue weighted by Crippen LogP contribution is -2.35. The second-order valence-electron chi connectivity index (χ2n) is 9.53. The molecule has 3 heterocycles. The molecule has 0 unspecified atom stereocenters. The highest BCUT2D eigenvalue weighted by Crippen LogP contribution is 2.40. The number of hydrogen-bond acceptors (Lipinski definition) is 6. The molecule has 0 saturated carbocycles. The van der Waals surface area contributed by atoms with Gasteiger partial charge in [-0.3, -0.25) is 24.2 Å². The summed E-state index contributed by atoms with van der Waals surface area (Å²) in [7, 11) is 3.13. The van der Waals surface area contributed by atoms with Crippen LogP contribution >= 0.6 is 22.9 Å². The Bertz CT molecular complexity index is 1630. The molecule has 0 aliphatic carbocycles. The number of fused-ring (bicyclic) bond motifs is 1. The van der Waals surface area contributed by atoms with Gasteiger partial charge in [0.15, 0.2) is 5.13 Å². The van der Waals surface area contributed by atoms with Gasteiger partial charge in [-0.2, -0.15) is 4.39 Å². The van der Waals surface area contributed by atoms with Gasteiger partial charge in [0, 0.05) is 42.0 Å². The number of carboxylic acids is 1. The molecule has 1 aliphatic rings. The Morgan fingerprint density at radius 1 is 1.18 bits per heavy atom. The monoisotopic (exact) mass is 578 g/mol. The zero-order chi connectivity index (χ0) is 28.6. The molecule has 0 radical (unpaired) electrons. The van der Waals surface area contributed by atoms with Gasteiger partial charge in [-0.1, -0.05) is 59.3 Å². The van der Waals surface area contributed by atoms with Crippen molar-refractivity contribution >= 4 is 51.7 Å². The molecule has 1 aliphatic heterocycles. The van der Waals surface area contributed by atoms with Gasteiger partial charge in [-0.25, -0.2) is 9.97 Å². The van der Waals surface area contributed by atoms with Crippen LogP contribution in [0.1, 0.15) is 17.5 Å². The minimum atomic E-state index is -1.10. The number of carbonyl (C=O) groups excluding carboxylic acids is 2. The van der Waals surface area contributed by atoms with E-state index in [0.29, 0.717) is 38.9 Å². The largest absolute Gasteiger partial charge is 0.481 e. The summed E-state index contributed by atoms with van der Waals surface area (Å²) in [6, 6.07) is 16.0. The van der Waals surface area contributed by atoms with Crippen LogP contribution in [0.5, 0.6) is 0 Å². The van der Waals surface area contributed by atoms with Crippen molar-refractivity contribution in [2.24, 2.45) is 5.92 Å². The van der Waals surface area contributed by atoms with Gasteiger partial charge >= 0.3 is 5.97 Å². The van der Waals surface area contributed by atoms with E-state index in [1.807, 2.05) is 36.4 Å². The molecular formula is C29H24ClFN4O4S. The number of carbonyl (C=O) groups is 3. The van der Waals surface area contributed by atoms with E-state index in [2.05, 4.69) is 9.97 Å². The van der Waals surface area contributed by atoms with Crippen molar-refractivity contribution in [1.29, 1.82) is 0 Å². The molecule has 0 fully saturated rings. The topological polar surface area (TPSA) is 104 Å². The van der Waals surface area contributed by atoms with Gasteiger partial charge in [0.25, 0.3) is 0 Å². The second kappa shape index (κ2) is 11.1. The van der Waals surface area contributed by atoms with Crippen LogP contribution in [0.15, 0.2) is 60.8 Å². The Labute approximate surface area is 238 Å². The summed E-state index contributed by atoms with van der Waals surface area (Å²) >= 11 is 6.98. The van der Waals surface area contributed by atoms with Crippen molar-refractivity contribution in [2.45, 2.75) is 19.3 Å². The first kappa shape index (κ1) is 27.4. The maximum Gasteiger partial charge on any atom is 0.304 e. The lowest BCUT2D eigenvalue weighted by atomic mass is 9.95. The third-order valence-electron chi connectivity index (χ3n) is 6.81. The second-order valence-corrected chi connectivity index (χ2v) is 10.9. The third kappa shape index (κ3) is 5.45. The number of carboxylic acid groups (broad SMARTS) is 1. The van der Waals surface area contributed by atoms with Crippen LogP contribution in [0.4, 0.5) is 15.3 Å². The Hall–Kier alpha value is -4.15. The molecule has 8 nitrogen and oxygen atoms in total. The van der Waals surface area contributed by atoms with Crippen LogP contribution in [0, 0.1) is 11.0 Å². The maximum atomic E-state index is 15.4. The first-order valence-electron chi connectivity index (χ1n) is 12.4. The third-order valence-corrected chi connectivity index (χ3v) is 7.97. The normalized spacial score (nSPS) is 13.3. The number of amides is 2. The summed E-state index contributed by atoms with van der Waals surface area (Å²) in [5.41, 5.74) is 3.26. The van der Waals surface area contributed by atoms with Gasteiger partial charge in [-0.05, 0) is 35.7 Å². The number of thiazole rings is 1. The molecule has 1 atom stereocenters. The Kier molecular flexibility index (Phi) is 7.64. The molecule has 1 N–H and O–H groups in total. The fourth-order valence-corrected chi connectivity index (χ4v) is 5.72. The summed E-state index contributed by atoms with van der Waals surface area (Å²) in [5.74, 6) is -1.92. The van der Waals surface area contributed by atoms with E-state index in [0.717, 1.165) is 11.1 Å². The molecule has 0 saturated heterocycles. The zero-order valence-electron chi connectivity index (χ0n) is 21.6. The quantitative estimate of drug-likeness (QED) is 0.297. The minimum absolute atomic E-state index is 0.00341. The molecule has 5 rings (SSSR count). The van der Waals surface area contributed by atoms with E-state index < -0.39 is 22.9 Å². The number of nitrogens with zero attached hydrogens (tertiary/aromatic N) is 4. The molecule has 2 aromatic carbocycles. The first-order chi connectivity index (χ1) is 19.1. The molecule has 0 bridgehead atoms. The van der Waals surface area contributed by atoms with Crippen LogP contribution in [0.3, 0.4) is 0 Å². The molecule has 2 aromatic heterocycles. The van der Waals surface area contributed by atoms with Crippen molar-refractivity contribution in [3.8, 4) is 22.4 Å². The Balaban J connectivity index is 1.48. The van der Waals surface area contributed by atoms with Crippen molar-refractivity contribution in [3.63, 3.8) is 0 Å². The predicted octanol–water partition coefficient (Wildman–Crippen LogP) is 5.48. The number of rotatable bonds is 8. The minimum Gasteiger partial charge on any atom is -0.481 e. The van der Waals surface area contributed by atoms with Crippen molar-refractivity contribution in [1.82, 2.24) is 9.97 Å². The number of halogens is 2. The molecule has 2 amide bonds. The number of pyridine rings is 1. The van der Waals surface area contributed by atoms with Crippen LogP contribution in [0.25, 0.3) is 22.4 Å². The zero-order valence-corrected chi connectivity index (χ0v) is 23.2. The van der Waals surface area contributed by atoms with E-state index in [9.17, 15) is 19.5 Å². The Morgan fingerprint density at radius 3 is 2.65 bits per heavy atom. The molecule has 0 spiro atoms. The maximum absolute atomic E-state index is 15.4. The number of aliphatic carboxylic acids is 1. The van der Waals surface area contributed by atoms with Crippen LogP contribution < -0.4 is 9.80 Å². The van der Waals surface area contributed by atoms with Crippen molar-refractivity contribution < 1.29 is 23.9 Å². The summed E-state index contributed by atoms with van der Waals surface area (Å²) in [4.78, 5) is 48.7. The lowest BCUT2D eigenvalue weighted by Gasteiger charge is -2.21. The van der Waals surface area contributed by atoms with Crippen molar-refractivity contribution in [3.05, 3.63) is 82.1 Å². The smallest absolute Gasteiger partial charge is 0.304 e. The number of benzene rings is 2. The van der Waals surface area contributed by atoms with E-state index in [1.54, 1.807) is 31.4 Å². The van der Waals surface area contributed by atoms with Gasteiger partial charge in [0.2, 0.25) is 16.9 Å². The van der Waals surface area contributed by atoms with Gasteiger partial charge in [-0.15, -0.1) is 0 Å². The van der Waals surface area contributed by atoms with Gasteiger partial charge < -0.3 is 5.11 Å². The highest BCUT2D eigenvalue weighted by atomic mass is 35.5. The molecule has 4 aromatic rings. The van der Waals surface area contributed by atoms with Gasteiger partial charge in [0.1, 0.15) is 11.5 Å². The molecule has 204 valence electrons. The summed E-state index contributed by atoms with van der Waals surface area (Å²) < 4.78 is 15.4. The summed E-state index contributed by atoms with van der Waals surface area (Å²) in [6.45, 7) is 0. The standard InChI is InChI=1S/C29H24ClFN4O4S/c1-34-23(36)12-17-11-19(15-32-27(17)34)21-9-8-20(30)14-22(21)25-26(31)40-29(33-25)35(2)28(39)18(13-24(37)38)10-16-6-4-3-5-7-16/h3-9,11,14-15,18H,10,12-13H2,1-2H3,(H,37,38)/t18-/m1/s1. The van der Waals surface area contributed by atoms with Crippen LogP contribution in [0.2, 0.25) is 5.02 Å². The highest BCUT2D eigenvalue weighted by Gasteiger charge is 2.30. The van der Waals surface area contributed by atoms with E-state index in [-0.39, 0.29) is 36.0 Å². The predicted molar refractivity (Wildman–Crippen MR) is 152 cm³/mol. The number of anilines is 2. The average molecular weight is 579 g/mol. The molecular weight excluding hydrogens is 555 g/mol. The van der Waals surface area contributed by atoms with Gasteiger partial charge in [0.05, 0.1) is 18.8 Å². The Morgan fingerprint density at radius 2 is 1.93 bits per heavy atom. The highest BCUT2D eigenvalue weighted by molar-refractivity contribution is 7.14. The SMILES string of the molecule is CN(C(=O)[C@@H](CC(=O)O)Cc1ccccc1)c1nc(-c2cc(Cl)ccc2-c2cnc3c(c2)CC(=O)N3C)c(F)s1. The number of aromatic nitrogens is 2. The summed E-state index contributed by atoms with van der Waals surface area (Å²) in [5, 5.41) is 9.26. The fraction of sp³-hybridized carbons (Fsp3) is 0.207. The molecule has 40 heavy (non-hydrogen) atoms. The summed E-state index contributed by atoms with van der Waals surface area (Å²) in [6.07, 6.45) is 1.68.